The number of hydrazone groups is 1. The lowest BCUT2D eigenvalue weighted by molar-refractivity contribution is 0.102. The molecule has 1 amide bonds. The molecule has 0 atom stereocenters. The molecule has 0 saturated heterocycles. The second kappa shape index (κ2) is 7.10. The maximum Gasteiger partial charge on any atom is 0.273 e. The number of nitrogens with zero attached hydrogens (tertiary/aromatic N) is 2. The van der Waals surface area contributed by atoms with Gasteiger partial charge in [0, 0.05) is 17.1 Å². The molecule has 1 aromatic carbocycles. The summed E-state index contributed by atoms with van der Waals surface area (Å²) in [6.45, 7) is 7.34. The molecule has 3 rings (SSSR count). The number of hydrogen-bond donors (Lipinski definition) is 4. The van der Waals surface area contributed by atoms with Crippen LogP contribution in [0.2, 0.25) is 0 Å². The van der Waals surface area contributed by atoms with Crippen molar-refractivity contribution in [2.45, 2.75) is 13.8 Å². The van der Waals surface area contributed by atoms with E-state index in [1.165, 1.54) is 0 Å². The first-order valence-corrected chi connectivity index (χ1v) is 8.04. The number of fused-ring (bicyclic) bond motifs is 1. The second-order valence-electron chi connectivity index (χ2n) is 5.99. The van der Waals surface area contributed by atoms with Gasteiger partial charge in [-0.3, -0.25) is 10.2 Å². The van der Waals surface area contributed by atoms with Gasteiger partial charge in [-0.15, -0.1) is 0 Å². The highest BCUT2D eigenvalue weighted by molar-refractivity contribution is 6.07. The Hall–Kier alpha value is -3.61. The van der Waals surface area contributed by atoms with Crippen molar-refractivity contribution in [3.05, 3.63) is 71.8 Å². The van der Waals surface area contributed by atoms with Crippen LogP contribution in [0.4, 0.5) is 5.82 Å². The minimum atomic E-state index is -0.245. The summed E-state index contributed by atoms with van der Waals surface area (Å²) in [6.07, 6.45) is 1.71. The summed E-state index contributed by atoms with van der Waals surface area (Å²) < 4.78 is 0. The number of aryl methyl sites for hydroxylation is 1. The summed E-state index contributed by atoms with van der Waals surface area (Å²) in [7, 11) is 0. The fourth-order valence-electron chi connectivity index (χ4n) is 2.43. The highest BCUT2D eigenvalue weighted by atomic mass is 16.1. The van der Waals surface area contributed by atoms with Gasteiger partial charge in [0.15, 0.2) is 0 Å². The van der Waals surface area contributed by atoms with Crippen LogP contribution >= 0.6 is 0 Å². The van der Waals surface area contributed by atoms with Gasteiger partial charge in [-0.1, -0.05) is 18.7 Å². The molecule has 0 aliphatic heterocycles. The zero-order chi connectivity index (χ0) is 18.7. The van der Waals surface area contributed by atoms with Crippen molar-refractivity contribution in [2.75, 3.05) is 5.32 Å². The van der Waals surface area contributed by atoms with Crippen LogP contribution < -0.4 is 16.5 Å². The van der Waals surface area contributed by atoms with E-state index in [1.54, 1.807) is 18.3 Å². The number of aromatic nitrogens is 2. The van der Waals surface area contributed by atoms with Crippen LogP contribution in [0, 0.1) is 6.92 Å². The monoisotopic (exact) mass is 348 g/mol. The number of pyridine rings is 1. The van der Waals surface area contributed by atoms with Gasteiger partial charge >= 0.3 is 0 Å². The van der Waals surface area contributed by atoms with Crippen LogP contribution in [-0.2, 0) is 0 Å². The van der Waals surface area contributed by atoms with Gasteiger partial charge < -0.3 is 16.0 Å². The smallest absolute Gasteiger partial charge is 0.273 e. The molecule has 2 heterocycles. The Morgan fingerprint density at radius 2 is 2.08 bits per heavy atom. The van der Waals surface area contributed by atoms with Crippen LogP contribution in [0.1, 0.15) is 28.5 Å². The molecule has 0 aliphatic carbocycles. The van der Waals surface area contributed by atoms with E-state index in [0.29, 0.717) is 11.5 Å². The number of amides is 1. The molecular formula is C19H20N6O. The molecule has 2 aromatic heterocycles. The van der Waals surface area contributed by atoms with Gasteiger partial charge in [-0.25, -0.2) is 4.98 Å². The molecule has 7 heteroatoms. The fourth-order valence-corrected chi connectivity index (χ4v) is 2.43. The Kier molecular flexibility index (Phi) is 4.70. The summed E-state index contributed by atoms with van der Waals surface area (Å²) in [6, 6.07) is 11.2. The third kappa shape index (κ3) is 3.89. The highest BCUT2D eigenvalue weighted by Crippen LogP contribution is 2.19. The van der Waals surface area contributed by atoms with E-state index in [9.17, 15) is 4.79 Å². The first-order chi connectivity index (χ1) is 12.4. The number of aromatic amines is 1. The van der Waals surface area contributed by atoms with E-state index in [2.05, 4.69) is 32.4 Å². The molecule has 132 valence electrons. The number of anilines is 1. The minimum Gasteiger partial charge on any atom is -0.385 e. The Morgan fingerprint density at radius 1 is 1.27 bits per heavy atom. The third-order valence-corrected chi connectivity index (χ3v) is 3.80. The first kappa shape index (κ1) is 17.2. The van der Waals surface area contributed by atoms with Gasteiger partial charge in [0.1, 0.15) is 17.3 Å². The summed E-state index contributed by atoms with van der Waals surface area (Å²) in [5, 5.41) is 7.84. The lowest BCUT2D eigenvalue weighted by Crippen LogP contribution is -2.14. The van der Waals surface area contributed by atoms with Gasteiger partial charge in [0.25, 0.3) is 5.91 Å². The Morgan fingerprint density at radius 3 is 2.77 bits per heavy atom. The number of nitrogens with two attached hydrogens (primary N) is 1. The topological polar surface area (TPSA) is 108 Å². The molecule has 5 N–H and O–H groups in total. The number of rotatable bonds is 5. The molecule has 3 aromatic rings. The average Bonchev–Trinajstić information content (AvgIpc) is 3.05. The van der Waals surface area contributed by atoms with Crippen molar-refractivity contribution < 1.29 is 4.79 Å². The molecule has 0 radical (unpaired) electrons. The number of carbonyl (C=O) groups is 1. The second-order valence-corrected chi connectivity index (χ2v) is 5.99. The predicted octanol–water partition coefficient (Wildman–Crippen LogP) is 2.87. The van der Waals surface area contributed by atoms with Crippen molar-refractivity contribution in [1.82, 2.24) is 15.4 Å². The van der Waals surface area contributed by atoms with Crippen molar-refractivity contribution in [1.29, 1.82) is 0 Å². The molecule has 0 aliphatic rings. The molecule has 0 unspecified atom stereocenters. The lowest BCUT2D eigenvalue weighted by atomic mass is 10.1. The Bertz CT molecular complexity index is 1000. The standard InChI is InChI=1S/C19H20N6O/c1-11-4-7-18(21-10-11)23-19(26)17-9-15-8-14(5-6-16(15)22-17)12(2)24-25-13(3)20/h4-10,22,25H,3,20H2,1-2H3,(H,21,23,26)/b24-12-. The molecule has 7 nitrogen and oxygen atoms in total. The van der Waals surface area contributed by atoms with Crippen LogP contribution in [0.5, 0.6) is 0 Å². The van der Waals surface area contributed by atoms with E-state index in [4.69, 9.17) is 5.73 Å². The molecule has 0 fully saturated rings. The summed E-state index contributed by atoms with van der Waals surface area (Å²) in [5.41, 5.74) is 12.1. The molecule has 0 saturated carbocycles. The number of hydrogen-bond acceptors (Lipinski definition) is 5. The Balaban J connectivity index is 1.82. The van der Waals surface area contributed by atoms with Crippen molar-refractivity contribution >= 4 is 28.3 Å². The quantitative estimate of drug-likeness (QED) is 0.420. The Labute approximate surface area is 151 Å². The molecule has 26 heavy (non-hydrogen) atoms. The fraction of sp³-hybridized carbons (Fsp3) is 0.105. The van der Waals surface area contributed by atoms with E-state index < -0.39 is 0 Å². The van der Waals surface area contributed by atoms with E-state index in [0.717, 1.165) is 27.7 Å². The van der Waals surface area contributed by atoms with Gasteiger partial charge in [0.05, 0.1) is 5.71 Å². The van der Waals surface area contributed by atoms with Crippen LogP contribution in [0.3, 0.4) is 0 Å². The summed E-state index contributed by atoms with van der Waals surface area (Å²) >= 11 is 0. The predicted molar refractivity (Wildman–Crippen MR) is 104 cm³/mol. The molecule has 0 bridgehead atoms. The number of nitrogens with one attached hydrogen (secondary N) is 3. The largest absolute Gasteiger partial charge is 0.385 e. The van der Waals surface area contributed by atoms with Crippen molar-refractivity contribution in [3.63, 3.8) is 0 Å². The zero-order valence-electron chi connectivity index (χ0n) is 14.6. The lowest BCUT2D eigenvalue weighted by Gasteiger charge is -2.02. The third-order valence-electron chi connectivity index (χ3n) is 3.80. The first-order valence-electron chi connectivity index (χ1n) is 8.04. The number of H-pyrrole nitrogens is 1. The van der Waals surface area contributed by atoms with Crippen LogP contribution in [0.25, 0.3) is 10.9 Å². The average molecular weight is 348 g/mol. The zero-order valence-corrected chi connectivity index (χ0v) is 14.6. The number of benzene rings is 1. The summed E-state index contributed by atoms with van der Waals surface area (Å²) in [5.74, 6) is 0.539. The van der Waals surface area contributed by atoms with Crippen molar-refractivity contribution in [3.8, 4) is 0 Å². The van der Waals surface area contributed by atoms with E-state index in [1.807, 2.05) is 38.1 Å². The van der Waals surface area contributed by atoms with Crippen LogP contribution in [0.15, 0.2) is 60.1 Å². The normalized spacial score (nSPS) is 11.4. The van der Waals surface area contributed by atoms with Gasteiger partial charge in [0.2, 0.25) is 0 Å². The number of carbonyl (C=O) groups excluding carboxylic acids is 1. The molecular weight excluding hydrogens is 328 g/mol. The highest BCUT2D eigenvalue weighted by Gasteiger charge is 2.11. The SMILES string of the molecule is C=C(N)N/N=C(/C)c1ccc2[nH]c(C(=O)Nc3ccc(C)cn3)cc2c1. The van der Waals surface area contributed by atoms with Gasteiger partial charge in [-0.2, -0.15) is 5.10 Å². The van der Waals surface area contributed by atoms with Crippen molar-refractivity contribution in [2.24, 2.45) is 10.8 Å². The van der Waals surface area contributed by atoms with Crippen LogP contribution in [-0.4, -0.2) is 21.6 Å². The summed E-state index contributed by atoms with van der Waals surface area (Å²) in [4.78, 5) is 19.7. The molecule has 0 spiro atoms. The van der Waals surface area contributed by atoms with E-state index >= 15 is 0 Å². The minimum absolute atomic E-state index is 0.245. The van der Waals surface area contributed by atoms with E-state index in [-0.39, 0.29) is 11.7 Å². The maximum atomic E-state index is 12.4. The van der Waals surface area contributed by atoms with Gasteiger partial charge in [-0.05, 0) is 49.2 Å². The maximum absolute atomic E-state index is 12.4.